The molecule has 21 heteroatoms. The molecule has 0 spiro atoms. The van der Waals surface area contributed by atoms with E-state index in [1.807, 2.05) is 0 Å². The van der Waals surface area contributed by atoms with Gasteiger partial charge in [0.2, 0.25) is 0 Å². The second-order valence-electron chi connectivity index (χ2n) is 8.94. The van der Waals surface area contributed by atoms with E-state index in [0.717, 1.165) is 29.3 Å². The molecular formula is C22H22N4O13S4. The third-order valence-electron chi connectivity index (χ3n) is 6.05. The lowest BCUT2D eigenvalue weighted by atomic mass is 10.1. The van der Waals surface area contributed by atoms with Gasteiger partial charge < -0.3 is 5.11 Å². The van der Waals surface area contributed by atoms with E-state index in [0.29, 0.717) is 0 Å². The first kappa shape index (κ1) is 32.5. The van der Waals surface area contributed by atoms with Crippen molar-refractivity contribution < 1.29 is 56.6 Å². The zero-order chi connectivity index (χ0) is 32.0. The lowest BCUT2D eigenvalue weighted by molar-refractivity contribution is 0.170. The van der Waals surface area contributed by atoms with Crippen molar-refractivity contribution in [3.05, 3.63) is 54.6 Å². The molecule has 43 heavy (non-hydrogen) atoms. The highest BCUT2D eigenvalue weighted by atomic mass is 32.3. The third kappa shape index (κ3) is 7.22. The molecule has 4 rings (SSSR count). The van der Waals surface area contributed by atoms with Crippen molar-refractivity contribution in [1.82, 2.24) is 0 Å². The number of aliphatic hydroxyl groups excluding tert-OH is 1. The Hall–Kier alpha value is -3.41. The van der Waals surface area contributed by atoms with E-state index in [-0.39, 0.29) is 27.1 Å². The van der Waals surface area contributed by atoms with E-state index in [9.17, 15) is 47.9 Å². The maximum Gasteiger partial charge on any atom is 0.397 e. The van der Waals surface area contributed by atoms with Gasteiger partial charge in [0.05, 0.1) is 28.7 Å². The quantitative estimate of drug-likeness (QED) is 0.175. The van der Waals surface area contributed by atoms with Crippen LogP contribution in [0.4, 0.5) is 11.4 Å². The number of hydrazone groups is 1. The van der Waals surface area contributed by atoms with Gasteiger partial charge >= 0.3 is 10.4 Å². The maximum absolute atomic E-state index is 12.4. The number of benzene rings is 3. The number of sulfone groups is 1. The first-order valence-electron chi connectivity index (χ1n) is 11.7. The second kappa shape index (κ2) is 11.6. The van der Waals surface area contributed by atoms with Gasteiger partial charge in [-0.05, 0) is 43.3 Å². The van der Waals surface area contributed by atoms with E-state index in [2.05, 4.69) is 19.5 Å². The first-order chi connectivity index (χ1) is 19.8. The zero-order valence-corrected chi connectivity index (χ0v) is 24.9. The van der Waals surface area contributed by atoms with Crippen LogP contribution >= 0.6 is 0 Å². The fraction of sp³-hybridized carbons (Fsp3) is 0.227. The van der Waals surface area contributed by atoms with Crippen LogP contribution in [0.2, 0.25) is 0 Å². The molecule has 1 aliphatic rings. The van der Waals surface area contributed by atoms with Gasteiger partial charge in [0.15, 0.2) is 22.1 Å². The summed E-state index contributed by atoms with van der Waals surface area (Å²) in [4.78, 5) is -1.61. The third-order valence-corrected chi connectivity index (χ3v) is 10.1. The molecule has 17 nitrogen and oxygen atoms in total. The molecule has 0 saturated carbocycles. The molecule has 3 aromatic rings. The Bertz CT molecular complexity index is 2080. The highest BCUT2D eigenvalue weighted by Gasteiger charge is 2.35. The summed E-state index contributed by atoms with van der Waals surface area (Å²) in [5.41, 5.74) is 0.00592. The predicted molar refractivity (Wildman–Crippen MR) is 149 cm³/mol. The number of azo groups is 1. The van der Waals surface area contributed by atoms with Crippen molar-refractivity contribution in [3.63, 3.8) is 0 Å². The van der Waals surface area contributed by atoms with Crippen LogP contribution in [0.5, 0.6) is 0 Å². The number of aliphatic hydroxyl groups is 1. The number of hydrogen-bond donors (Lipinski definition) is 4. The van der Waals surface area contributed by atoms with E-state index < -0.39 is 80.6 Å². The van der Waals surface area contributed by atoms with Crippen molar-refractivity contribution in [3.8, 4) is 0 Å². The molecule has 0 aromatic heterocycles. The molecule has 0 radical (unpaired) electrons. The van der Waals surface area contributed by atoms with Gasteiger partial charge in [-0.15, -0.1) is 0 Å². The predicted octanol–water partition coefficient (Wildman–Crippen LogP) is 1.59. The minimum absolute atomic E-state index is 0.207. The van der Waals surface area contributed by atoms with Crippen molar-refractivity contribution in [2.75, 3.05) is 17.4 Å². The number of nitrogens with zero attached hydrogens (tertiary/aromatic N) is 4. The molecule has 1 aliphatic heterocycles. The molecule has 0 fully saturated rings. The zero-order valence-electron chi connectivity index (χ0n) is 21.7. The SMILES string of the molecule is CC1=NN(c2ccc(S(=O)(=O)CCOS(=O)(=O)O)cc2)C(O)C1N=Nc1ccc2c(S(=O)(=O)O)cccc2c1S(=O)(=O)O. The summed E-state index contributed by atoms with van der Waals surface area (Å²) in [6, 6.07) is 9.34. The van der Waals surface area contributed by atoms with Crippen LogP contribution in [0.15, 0.2) is 84.6 Å². The fourth-order valence-electron chi connectivity index (χ4n) is 4.15. The lowest BCUT2D eigenvalue weighted by Gasteiger charge is -2.21. The summed E-state index contributed by atoms with van der Waals surface area (Å²) in [6.45, 7) is 0.658. The van der Waals surface area contributed by atoms with Gasteiger partial charge in [-0.3, -0.25) is 13.7 Å². The molecule has 2 atom stereocenters. The highest BCUT2D eigenvalue weighted by Crippen LogP contribution is 2.36. The minimum Gasteiger partial charge on any atom is -0.369 e. The standard InChI is InChI=1S/C22H22N4O13S4/c1-13-20(22(27)26(25-13)14-5-7-15(8-6-14)40(28,29)12-11-39-43(36,37)38)24-23-18-10-9-16-17(21(18)42(33,34)35)3-2-4-19(16)41(30,31)32/h2-10,20,22,27H,11-12H2,1H3,(H,30,31,32)(H,33,34,35)(H,36,37,38). The molecule has 0 aliphatic carbocycles. The fourth-order valence-corrected chi connectivity index (χ4v) is 7.18. The molecule has 232 valence electrons. The van der Waals surface area contributed by atoms with Crippen LogP contribution in [-0.4, -0.2) is 82.8 Å². The molecule has 1 heterocycles. The monoisotopic (exact) mass is 678 g/mol. The van der Waals surface area contributed by atoms with Crippen molar-refractivity contribution in [2.24, 2.45) is 15.3 Å². The normalized spacial score (nSPS) is 18.4. The Kier molecular flexibility index (Phi) is 8.76. The topological polar surface area (TPSA) is 267 Å². The Morgan fingerprint density at radius 1 is 0.860 bits per heavy atom. The molecular weight excluding hydrogens is 657 g/mol. The summed E-state index contributed by atoms with van der Waals surface area (Å²) in [5.74, 6) is -0.754. The van der Waals surface area contributed by atoms with E-state index >= 15 is 0 Å². The summed E-state index contributed by atoms with van der Waals surface area (Å²) >= 11 is 0. The summed E-state index contributed by atoms with van der Waals surface area (Å²) in [7, 11) is -18.6. The van der Waals surface area contributed by atoms with Crippen molar-refractivity contribution >= 4 is 68.3 Å². The number of fused-ring (bicyclic) bond motifs is 1. The average molecular weight is 679 g/mol. The Morgan fingerprint density at radius 2 is 1.51 bits per heavy atom. The summed E-state index contributed by atoms with van der Waals surface area (Å²) in [5, 5.41) is 23.5. The lowest BCUT2D eigenvalue weighted by Crippen LogP contribution is -2.35. The van der Waals surface area contributed by atoms with E-state index in [1.165, 1.54) is 37.3 Å². The molecule has 2 unspecified atom stereocenters. The number of hydrogen-bond acceptors (Lipinski definition) is 14. The van der Waals surface area contributed by atoms with Gasteiger partial charge in [-0.2, -0.15) is 40.6 Å². The smallest absolute Gasteiger partial charge is 0.369 e. The molecule has 0 saturated heterocycles. The summed E-state index contributed by atoms with van der Waals surface area (Å²) in [6.07, 6.45) is -1.50. The van der Waals surface area contributed by atoms with Crippen LogP contribution < -0.4 is 5.01 Å². The second-order valence-corrected chi connectivity index (χ2v) is 14.9. The molecule has 4 N–H and O–H groups in total. The van der Waals surface area contributed by atoms with Crippen LogP contribution in [0.1, 0.15) is 6.92 Å². The largest absolute Gasteiger partial charge is 0.397 e. The Balaban J connectivity index is 1.61. The Labute approximate surface area is 245 Å². The molecule has 3 aromatic carbocycles. The van der Waals surface area contributed by atoms with Gasteiger partial charge in [-0.25, -0.2) is 17.6 Å². The van der Waals surface area contributed by atoms with Gasteiger partial charge in [0.1, 0.15) is 15.5 Å². The van der Waals surface area contributed by atoms with Gasteiger partial charge in [0, 0.05) is 10.8 Å². The van der Waals surface area contributed by atoms with Crippen LogP contribution in [0, 0.1) is 0 Å². The Morgan fingerprint density at radius 3 is 2.09 bits per heavy atom. The minimum atomic E-state index is -5.01. The van der Waals surface area contributed by atoms with E-state index in [1.54, 1.807) is 0 Å². The van der Waals surface area contributed by atoms with Crippen LogP contribution in [0.3, 0.4) is 0 Å². The van der Waals surface area contributed by atoms with Crippen molar-refractivity contribution in [2.45, 2.75) is 33.9 Å². The number of rotatable bonds is 10. The van der Waals surface area contributed by atoms with Gasteiger partial charge in [0.25, 0.3) is 20.2 Å². The summed E-state index contributed by atoms with van der Waals surface area (Å²) < 4.78 is 126. The maximum atomic E-state index is 12.4. The average Bonchev–Trinajstić information content (AvgIpc) is 3.17. The molecule has 0 bridgehead atoms. The van der Waals surface area contributed by atoms with E-state index in [4.69, 9.17) is 4.55 Å². The highest BCUT2D eigenvalue weighted by molar-refractivity contribution is 7.91. The van der Waals surface area contributed by atoms with Gasteiger partial charge in [-0.1, -0.05) is 18.2 Å². The van der Waals surface area contributed by atoms with Crippen LogP contribution in [0.25, 0.3) is 10.8 Å². The number of anilines is 1. The molecule has 0 amide bonds. The van der Waals surface area contributed by atoms with Crippen LogP contribution in [-0.2, 0) is 44.7 Å². The first-order valence-corrected chi connectivity index (χ1v) is 17.6. The van der Waals surface area contributed by atoms with Crippen molar-refractivity contribution in [1.29, 1.82) is 0 Å².